The van der Waals surface area contributed by atoms with Crippen LogP contribution in [0.3, 0.4) is 0 Å². The molecule has 6 heteroatoms. The topological polar surface area (TPSA) is 24.1 Å². The van der Waals surface area contributed by atoms with Crippen LogP contribution >= 0.6 is 35.4 Å². The second kappa shape index (κ2) is 6.19. The Morgan fingerprint density at radius 2 is 1.68 bits per heavy atom. The molecule has 2 aromatic carbocycles. The van der Waals surface area contributed by atoms with Crippen LogP contribution in [0.15, 0.2) is 42.5 Å². The Kier molecular flexibility index (Phi) is 4.58. The summed E-state index contributed by atoms with van der Waals surface area (Å²) in [6.45, 7) is 0. The number of thiocarbonyl (C=S) groups is 1. The van der Waals surface area contributed by atoms with Gasteiger partial charge >= 0.3 is 0 Å². The Hall–Kier alpha value is -1.36. The maximum absolute atomic E-state index is 13.6. The lowest BCUT2D eigenvalue weighted by atomic mass is 10.2. The van der Waals surface area contributed by atoms with Crippen molar-refractivity contribution in [3.05, 3.63) is 63.9 Å². The molecule has 2 N–H and O–H groups in total. The zero-order chi connectivity index (χ0) is 13.8. The second-order valence-corrected chi connectivity index (χ2v) is 4.88. The zero-order valence-corrected chi connectivity index (χ0v) is 11.9. The highest BCUT2D eigenvalue weighted by Crippen LogP contribution is 2.21. The lowest BCUT2D eigenvalue weighted by Gasteiger charge is -2.13. The monoisotopic (exact) mass is 314 g/mol. The Labute approximate surface area is 125 Å². The van der Waals surface area contributed by atoms with E-state index in [0.29, 0.717) is 10.7 Å². The molecule has 0 amide bonds. The van der Waals surface area contributed by atoms with E-state index in [1.165, 1.54) is 12.1 Å². The third-order valence-electron chi connectivity index (χ3n) is 2.37. The van der Waals surface area contributed by atoms with Crippen LogP contribution < -0.4 is 10.9 Å². The van der Waals surface area contributed by atoms with Crippen molar-refractivity contribution in [3.8, 4) is 0 Å². The molecule has 0 fully saturated rings. The first-order chi connectivity index (χ1) is 9.09. The Morgan fingerprint density at radius 3 is 2.37 bits per heavy atom. The van der Waals surface area contributed by atoms with Crippen molar-refractivity contribution in [1.82, 2.24) is 5.43 Å². The molecule has 2 aromatic rings. The quantitative estimate of drug-likeness (QED) is 0.647. The Balaban J connectivity index is 2.13. The lowest BCUT2D eigenvalue weighted by Crippen LogP contribution is -2.29. The molecule has 2 nitrogen and oxygen atoms in total. The van der Waals surface area contributed by atoms with Gasteiger partial charge in [-0.3, -0.25) is 10.9 Å². The van der Waals surface area contributed by atoms with E-state index in [-0.39, 0.29) is 15.6 Å². The first-order valence-corrected chi connectivity index (χ1v) is 6.51. The molecule has 2 rings (SSSR count). The number of hydrazine groups is 1. The molecular formula is C13H9Cl2FN2S. The minimum Gasteiger partial charge on any atom is -0.299 e. The Bertz CT molecular complexity index is 599. The van der Waals surface area contributed by atoms with Gasteiger partial charge in [0.15, 0.2) is 0 Å². The standard InChI is InChI=1S/C13H9Cl2FN2S/c14-8-4-1-2-7-11(8)17-18-13(19)12-9(15)5-3-6-10(12)16/h1-7,17H,(H,18,19). The van der Waals surface area contributed by atoms with E-state index >= 15 is 0 Å². The summed E-state index contributed by atoms with van der Waals surface area (Å²) in [6, 6.07) is 11.5. The van der Waals surface area contributed by atoms with Crippen molar-refractivity contribution >= 4 is 46.1 Å². The van der Waals surface area contributed by atoms with Gasteiger partial charge in [-0.05, 0) is 24.3 Å². The van der Waals surface area contributed by atoms with Crippen molar-refractivity contribution in [2.45, 2.75) is 0 Å². The molecule has 0 atom stereocenters. The number of halogens is 3. The molecule has 0 aliphatic heterocycles. The first-order valence-electron chi connectivity index (χ1n) is 5.34. The van der Waals surface area contributed by atoms with Crippen LogP contribution in [0, 0.1) is 5.82 Å². The molecule has 0 heterocycles. The van der Waals surface area contributed by atoms with Crippen molar-refractivity contribution < 1.29 is 4.39 Å². The molecule has 19 heavy (non-hydrogen) atoms. The van der Waals surface area contributed by atoms with Crippen molar-refractivity contribution in [2.75, 3.05) is 5.43 Å². The molecular weight excluding hydrogens is 306 g/mol. The third-order valence-corrected chi connectivity index (χ3v) is 3.33. The molecule has 0 aliphatic rings. The van der Waals surface area contributed by atoms with Gasteiger partial charge in [-0.25, -0.2) is 4.39 Å². The number of hydrogen-bond donors (Lipinski definition) is 2. The average Bonchev–Trinajstić information content (AvgIpc) is 2.37. The third kappa shape index (κ3) is 3.35. The maximum atomic E-state index is 13.6. The van der Waals surface area contributed by atoms with Gasteiger partial charge in [-0.1, -0.05) is 53.6 Å². The summed E-state index contributed by atoms with van der Waals surface area (Å²) in [4.78, 5) is 0.156. The van der Waals surface area contributed by atoms with Gasteiger partial charge < -0.3 is 0 Å². The molecule has 0 radical (unpaired) electrons. The number of benzene rings is 2. The normalized spacial score (nSPS) is 10.1. The zero-order valence-electron chi connectivity index (χ0n) is 9.58. The fourth-order valence-electron chi connectivity index (χ4n) is 1.46. The van der Waals surface area contributed by atoms with Gasteiger partial charge in [0.2, 0.25) is 0 Å². The maximum Gasteiger partial charge on any atom is 0.134 e. The van der Waals surface area contributed by atoms with Gasteiger partial charge in [0.05, 0.1) is 21.3 Å². The van der Waals surface area contributed by atoms with Gasteiger partial charge in [-0.2, -0.15) is 0 Å². The van der Waals surface area contributed by atoms with Crippen molar-refractivity contribution in [2.24, 2.45) is 0 Å². The van der Waals surface area contributed by atoms with Gasteiger partial charge in [0.1, 0.15) is 10.8 Å². The van der Waals surface area contributed by atoms with E-state index in [1.807, 2.05) is 6.07 Å². The summed E-state index contributed by atoms with van der Waals surface area (Å²) < 4.78 is 13.6. The van der Waals surface area contributed by atoms with Crippen LogP contribution in [-0.4, -0.2) is 4.99 Å². The largest absolute Gasteiger partial charge is 0.299 e. The van der Waals surface area contributed by atoms with Crippen molar-refractivity contribution in [3.63, 3.8) is 0 Å². The fraction of sp³-hybridized carbons (Fsp3) is 0. The van der Waals surface area contributed by atoms with Gasteiger partial charge in [-0.15, -0.1) is 0 Å². The molecule has 98 valence electrons. The summed E-state index contributed by atoms with van der Waals surface area (Å²) in [6.07, 6.45) is 0. The van der Waals surface area contributed by atoms with Crippen LogP contribution in [0.2, 0.25) is 10.0 Å². The van der Waals surface area contributed by atoms with Crippen molar-refractivity contribution in [1.29, 1.82) is 0 Å². The minimum atomic E-state index is -0.481. The summed E-state index contributed by atoms with van der Waals surface area (Å²) in [5.74, 6) is -0.481. The van der Waals surface area contributed by atoms with Gasteiger partial charge in [0, 0.05) is 0 Å². The van der Waals surface area contributed by atoms with E-state index in [0.717, 1.165) is 0 Å². The smallest absolute Gasteiger partial charge is 0.134 e. The molecule has 0 bridgehead atoms. The molecule has 0 saturated carbocycles. The highest BCUT2D eigenvalue weighted by atomic mass is 35.5. The molecule has 0 unspecified atom stereocenters. The van der Waals surface area contributed by atoms with E-state index in [4.69, 9.17) is 35.4 Å². The van der Waals surface area contributed by atoms with E-state index in [2.05, 4.69) is 10.9 Å². The number of rotatable bonds is 3. The van der Waals surface area contributed by atoms with Crippen LogP contribution in [0.4, 0.5) is 10.1 Å². The van der Waals surface area contributed by atoms with Crippen LogP contribution in [0.25, 0.3) is 0 Å². The van der Waals surface area contributed by atoms with Crippen LogP contribution in [0.5, 0.6) is 0 Å². The summed E-state index contributed by atoms with van der Waals surface area (Å²) >= 11 is 17.0. The summed E-state index contributed by atoms with van der Waals surface area (Å²) in [5, 5.41) is 0.774. The summed E-state index contributed by atoms with van der Waals surface area (Å²) in [5.41, 5.74) is 6.32. The average molecular weight is 315 g/mol. The lowest BCUT2D eigenvalue weighted by molar-refractivity contribution is 0.625. The number of para-hydroxylation sites is 1. The highest BCUT2D eigenvalue weighted by Gasteiger charge is 2.12. The van der Waals surface area contributed by atoms with Crippen LogP contribution in [0.1, 0.15) is 5.56 Å². The molecule has 0 aromatic heterocycles. The molecule has 0 aliphatic carbocycles. The first kappa shape index (κ1) is 14.1. The SMILES string of the molecule is Fc1cccc(Cl)c1C(=S)NNc1ccccc1Cl. The van der Waals surface area contributed by atoms with E-state index in [1.54, 1.807) is 24.3 Å². The molecule has 0 spiro atoms. The Morgan fingerprint density at radius 1 is 1.00 bits per heavy atom. The predicted octanol–water partition coefficient (Wildman–Crippen LogP) is 4.42. The number of hydrogen-bond acceptors (Lipinski definition) is 2. The number of anilines is 1. The second-order valence-electron chi connectivity index (χ2n) is 3.66. The molecule has 0 saturated heterocycles. The van der Waals surface area contributed by atoms with E-state index in [9.17, 15) is 4.39 Å². The van der Waals surface area contributed by atoms with E-state index < -0.39 is 5.82 Å². The van der Waals surface area contributed by atoms with Crippen LogP contribution in [-0.2, 0) is 0 Å². The fourth-order valence-corrected chi connectivity index (χ4v) is 2.22. The summed E-state index contributed by atoms with van der Waals surface area (Å²) in [7, 11) is 0. The van der Waals surface area contributed by atoms with Gasteiger partial charge in [0.25, 0.3) is 0 Å². The predicted molar refractivity (Wildman–Crippen MR) is 81.3 cm³/mol. The minimum absolute atomic E-state index is 0.152. The number of nitrogens with one attached hydrogen (secondary N) is 2. The highest BCUT2D eigenvalue weighted by molar-refractivity contribution is 7.80.